The molecule has 0 saturated heterocycles. The third-order valence-corrected chi connectivity index (χ3v) is 5.16. The van der Waals surface area contributed by atoms with Gasteiger partial charge in [-0.05, 0) is 45.0 Å². The van der Waals surface area contributed by atoms with Gasteiger partial charge in [0.2, 0.25) is 11.8 Å². The van der Waals surface area contributed by atoms with Crippen LogP contribution in [0.3, 0.4) is 0 Å². The molecule has 0 saturated carbocycles. The van der Waals surface area contributed by atoms with Crippen molar-refractivity contribution >= 4 is 21.7 Å². The lowest BCUT2D eigenvalue weighted by atomic mass is 10.2. The summed E-state index contributed by atoms with van der Waals surface area (Å²) in [5, 5.41) is 5.57. The topological polar surface area (TPSA) is 118 Å². The van der Waals surface area contributed by atoms with Crippen LogP contribution >= 0.6 is 0 Å². The summed E-state index contributed by atoms with van der Waals surface area (Å²) in [6.07, 6.45) is 3.41. The number of rotatable bonds is 9. The molecule has 0 bridgehead atoms. The lowest BCUT2D eigenvalue weighted by molar-refractivity contribution is -0.123. The van der Waals surface area contributed by atoms with E-state index in [1.54, 1.807) is 25.3 Å². The summed E-state index contributed by atoms with van der Waals surface area (Å²) in [7, 11) is -3.25. The predicted molar refractivity (Wildman–Crippen MR) is 109 cm³/mol. The molecular weight excluding hydrogens is 394 g/mol. The van der Waals surface area contributed by atoms with Crippen LogP contribution in [0.2, 0.25) is 0 Å². The highest BCUT2D eigenvalue weighted by molar-refractivity contribution is 7.90. The van der Waals surface area contributed by atoms with Gasteiger partial charge in [0.05, 0.1) is 11.1 Å². The maximum absolute atomic E-state index is 12.1. The second kappa shape index (κ2) is 9.69. The van der Waals surface area contributed by atoms with Crippen LogP contribution in [-0.2, 0) is 25.8 Å². The summed E-state index contributed by atoms with van der Waals surface area (Å²) < 4.78 is 28.7. The molecule has 0 radical (unpaired) electrons. The Morgan fingerprint density at radius 3 is 2.31 bits per heavy atom. The molecule has 0 aliphatic heterocycles. The van der Waals surface area contributed by atoms with E-state index >= 15 is 0 Å². The van der Waals surface area contributed by atoms with Gasteiger partial charge in [0.15, 0.2) is 21.5 Å². The van der Waals surface area contributed by atoms with Crippen molar-refractivity contribution in [3.63, 3.8) is 0 Å². The Kier molecular flexibility index (Phi) is 7.55. The number of carbonyl (C=O) groups is 2. The molecule has 29 heavy (non-hydrogen) atoms. The monoisotopic (exact) mass is 421 g/mol. The normalized spacial score (nSPS) is 12.6. The van der Waals surface area contributed by atoms with Crippen molar-refractivity contribution in [2.45, 2.75) is 57.0 Å². The highest BCUT2D eigenvalue weighted by atomic mass is 32.2. The van der Waals surface area contributed by atoms with Gasteiger partial charge in [0, 0.05) is 43.2 Å². The summed E-state index contributed by atoms with van der Waals surface area (Å²) in [4.78, 5) is 28.2. The van der Waals surface area contributed by atoms with E-state index < -0.39 is 9.84 Å². The van der Waals surface area contributed by atoms with Crippen LogP contribution in [0.1, 0.15) is 39.5 Å². The maximum atomic E-state index is 12.1. The van der Waals surface area contributed by atoms with Crippen LogP contribution in [0.4, 0.5) is 0 Å². The van der Waals surface area contributed by atoms with Crippen molar-refractivity contribution < 1.29 is 22.4 Å². The summed E-state index contributed by atoms with van der Waals surface area (Å²) in [5.74, 6) is 0.617. The van der Waals surface area contributed by atoms with Crippen molar-refractivity contribution in [3.05, 3.63) is 36.4 Å². The minimum atomic E-state index is -3.25. The van der Waals surface area contributed by atoms with E-state index in [9.17, 15) is 18.0 Å². The first-order chi connectivity index (χ1) is 13.5. The minimum Gasteiger partial charge on any atom is -0.441 e. The zero-order valence-electron chi connectivity index (χ0n) is 17.1. The lowest BCUT2D eigenvalue weighted by Gasteiger charge is -2.14. The molecule has 0 unspecified atom stereocenters. The number of nitrogens with one attached hydrogen (secondary N) is 2. The number of carbonyl (C=O) groups excluding carboxylic acids is 2. The van der Waals surface area contributed by atoms with E-state index in [1.807, 2.05) is 13.8 Å². The largest absolute Gasteiger partial charge is 0.441 e. The number of amides is 2. The Morgan fingerprint density at radius 1 is 1.07 bits per heavy atom. The van der Waals surface area contributed by atoms with Crippen molar-refractivity contribution in [1.82, 2.24) is 15.6 Å². The Morgan fingerprint density at radius 2 is 1.72 bits per heavy atom. The molecule has 1 aromatic carbocycles. The van der Waals surface area contributed by atoms with E-state index in [1.165, 1.54) is 12.1 Å². The third-order valence-electron chi connectivity index (χ3n) is 4.04. The van der Waals surface area contributed by atoms with Gasteiger partial charge in [-0.3, -0.25) is 9.59 Å². The molecule has 2 N–H and O–H groups in total. The summed E-state index contributed by atoms with van der Waals surface area (Å²) in [5.41, 5.74) is 0.699. The molecule has 2 amide bonds. The maximum Gasteiger partial charge on any atom is 0.222 e. The van der Waals surface area contributed by atoms with E-state index in [2.05, 4.69) is 15.6 Å². The SMILES string of the molecule is CC(C)NC(=O)C[C@H](C)NC(=O)CCc1ncc(-c2ccc(S(C)(=O)=O)cc2)o1. The van der Waals surface area contributed by atoms with Crippen molar-refractivity contribution in [1.29, 1.82) is 0 Å². The quantitative estimate of drug-likeness (QED) is 0.640. The van der Waals surface area contributed by atoms with Gasteiger partial charge >= 0.3 is 0 Å². The van der Waals surface area contributed by atoms with Crippen LogP contribution in [-0.4, -0.2) is 43.6 Å². The Hall–Kier alpha value is -2.68. The van der Waals surface area contributed by atoms with Gasteiger partial charge in [-0.25, -0.2) is 13.4 Å². The molecule has 1 heterocycles. The van der Waals surface area contributed by atoms with Crippen molar-refractivity contribution in [2.75, 3.05) is 6.26 Å². The number of sulfone groups is 1. The van der Waals surface area contributed by atoms with Gasteiger partial charge in [0.1, 0.15) is 0 Å². The second-order valence-electron chi connectivity index (χ2n) is 7.31. The number of benzene rings is 1. The first-order valence-corrected chi connectivity index (χ1v) is 11.3. The van der Waals surface area contributed by atoms with E-state index in [-0.39, 0.29) is 41.6 Å². The molecule has 0 aliphatic rings. The zero-order chi connectivity index (χ0) is 21.6. The molecule has 0 fully saturated rings. The van der Waals surface area contributed by atoms with Crippen LogP contribution < -0.4 is 10.6 Å². The van der Waals surface area contributed by atoms with Gasteiger partial charge in [-0.2, -0.15) is 0 Å². The fourth-order valence-electron chi connectivity index (χ4n) is 2.70. The summed E-state index contributed by atoms with van der Waals surface area (Å²) in [6.45, 7) is 5.54. The Bertz CT molecular complexity index is 949. The Labute approximate surface area is 171 Å². The first-order valence-electron chi connectivity index (χ1n) is 9.38. The zero-order valence-corrected chi connectivity index (χ0v) is 17.9. The van der Waals surface area contributed by atoms with Crippen molar-refractivity contribution in [3.8, 4) is 11.3 Å². The van der Waals surface area contributed by atoms with E-state index in [0.29, 0.717) is 23.6 Å². The molecule has 1 atom stereocenters. The Balaban J connectivity index is 1.85. The van der Waals surface area contributed by atoms with E-state index in [4.69, 9.17) is 4.42 Å². The molecule has 0 spiro atoms. The van der Waals surface area contributed by atoms with Crippen molar-refractivity contribution in [2.24, 2.45) is 0 Å². The number of nitrogens with zero attached hydrogens (tertiary/aromatic N) is 1. The highest BCUT2D eigenvalue weighted by Gasteiger charge is 2.14. The van der Waals surface area contributed by atoms with Gasteiger partial charge in [-0.15, -0.1) is 0 Å². The lowest BCUT2D eigenvalue weighted by Crippen LogP contribution is -2.39. The molecule has 9 heteroatoms. The number of aryl methyl sites for hydroxylation is 1. The fraction of sp³-hybridized carbons (Fsp3) is 0.450. The molecule has 0 aliphatic carbocycles. The predicted octanol–water partition coefficient (Wildman–Crippen LogP) is 2.10. The molecule has 2 rings (SSSR count). The van der Waals surface area contributed by atoms with Gasteiger partial charge < -0.3 is 15.1 Å². The average molecular weight is 422 g/mol. The van der Waals surface area contributed by atoms with Crippen LogP contribution in [0, 0.1) is 0 Å². The molecule has 158 valence electrons. The molecular formula is C20H27N3O5S. The van der Waals surface area contributed by atoms with Gasteiger partial charge in [0.25, 0.3) is 0 Å². The number of hydrogen-bond donors (Lipinski definition) is 2. The smallest absolute Gasteiger partial charge is 0.222 e. The third kappa shape index (κ3) is 7.34. The molecule has 1 aromatic heterocycles. The first kappa shape index (κ1) is 22.6. The van der Waals surface area contributed by atoms with Gasteiger partial charge in [-0.1, -0.05) is 0 Å². The second-order valence-corrected chi connectivity index (χ2v) is 9.33. The number of oxazole rings is 1. The standard InChI is InChI=1S/C20H27N3O5S/c1-13(2)22-19(25)11-14(3)23-18(24)9-10-20-21-12-17(28-20)15-5-7-16(8-6-15)29(4,26)27/h5-8,12-14H,9-11H2,1-4H3,(H,22,25)(H,23,24)/t14-/m0/s1. The number of aromatic nitrogens is 1. The molecule has 8 nitrogen and oxygen atoms in total. The van der Waals surface area contributed by atoms with Crippen LogP contribution in [0.15, 0.2) is 39.8 Å². The fourth-order valence-corrected chi connectivity index (χ4v) is 3.33. The number of hydrogen-bond acceptors (Lipinski definition) is 6. The average Bonchev–Trinajstić information content (AvgIpc) is 3.07. The van der Waals surface area contributed by atoms with E-state index in [0.717, 1.165) is 6.26 Å². The summed E-state index contributed by atoms with van der Waals surface area (Å²) >= 11 is 0. The minimum absolute atomic E-state index is 0.0622. The summed E-state index contributed by atoms with van der Waals surface area (Å²) in [6, 6.07) is 6.12. The molecule has 2 aromatic rings. The van der Waals surface area contributed by atoms with Crippen LogP contribution in [0.5, 0.6) is 0 Å². The highest BCUT2D eigenvalue weighted by Crippen LogP contribution is 2.22. The van der Waals surface area contributed by atoms with Crippen LogP contribution in [0.25, 0.3) is 11.3 Å².